The largest absolute Gasteiger partial charge is 0.489 e. The van der Waals surface area contributed by atoms with Gasteiger partial charge in [-0.25, -0.2) is 4.79 Å². The Labute approximate surface area is 214 Å². The van der Waals surface area contributed by atoms with Crippen molar-refractivity contribution in [2.45, 2.75) is 39.2 Å². The summed E-state index contributed by atoms with van der Waals surface area (Å²) in [6.07, 6.45) is 4.36. The fraction of sp³-hybridized carbons (Fsp3) is 0.321. The number of halogens is 1. The Bertz CT molecular complexity index is 968. The minimum atomic E-state index is -0.184. The van der Waals surface area contributed by atoms with Gasteiger partial charge in [-0.15, -0.1) is 17.0 Å². The van der Waals surface area contributed by atoms with Gasteiger partial charge in [0.25, 0.3) is 0 Å². The van der Waals surface area contributed by atoms with Gasteiger partial charge in [-0.05, 0) is 66.8 Å². The first-order valence-corrected chi connectivity index (χ1v) is 11.8. The van der Waals surface area contributed by atoms with Crippen molar-refractivity contribution < 1.29 is 9.53 Å². The smallest absolute Gasteiger partial charge is 0.319 e. The molecule has 5 nitrogen and oxygen atoms in total. The van der Waals surface area contributed by atoms with Gasteiger partial charge in [-0.3, -0.25) is 0 Å². The third-order valence-corrected chi connectivity index (χ3v) is 5.42. The predicted octanol–water partition coefficient (Wildman–Crippen LogP) is 6.14. The highest BCUT2D eigenvalue weighted by Crippen LogP contribution is 2.21. The Balaban J connectivity index is 0.00000408. The van der Waals surface area contributed by atoms with Gasteiger partial charge in [0, 0.05) is 18.8 Å². The number of anilines is 1. The summed E-state index contributed by atoms with van der Waals surface area (Å²) in [6.45, 7) is 4.97. The second-order valence-electron chi connectivity index (χ2n) is 8.06. The van der Waals surface area contributed by atoms with E-state index in [0.717, 1.165) is 37.4 Å². The van der Waals surface area contributed by atoms with Gasteiger partial charge in [0.2, 0.25) is 0 Å². The van der Waals surface area contributed by atoms with Crippen LogP contribution in [0.4, 0.5) is 10.5 Å². The van der Waals surface area contributed by atoms with Crippen molar-refractivity contribution in [2.24, 2.45) is 0 Å². The highest BCUT2D eigenvalue weighted by atomic mass is 79.9. The lowest BCUT2D eigenvalue weighted by Gasteiger charge is -2.14. The van der Waals surface area contributed by atoms with E-state index in [2.05, 4.69) is 53.2 Å². The van der Waals surface area contributed by atoms with Crippen molar-refractivity contribution in [2.75, 3.05) is 25.0 Å². The SMILES string of the molecule is Br.CCCCc1cc(OCc2ccccc2)ccc1CCNCCNC(=O)Nc1ccccc1. The second kappa shape index (κ2) is 15.9. The van der Waals surface area contributed by atoms with Gasteiger partial charge in [-0.1, -0.05) is 67.9 Å². The summed E-state index contributed by atoms with van der Waals surface area (Å²) >= 11 is 0. The van der Waals surface area contributed by atoms with E-state index in [4.69, 9.17) is 4.74 Å². The van der Waals surface area contributed by atoms with E-state index >= 15 is 0 Å². The molecule has 0 radical (unpaired) electrons. The van der Waals surface area contributed by atoms with Crippen LogP contribution in [-0.4, -0.2) is 25.7 Å². The van der Waals surface area contributed by atoms with Crippen LogP contribution in [0.25, 0.3) is 0 Å². The molecule has 0 unspecified atom stereocenters. The average Bonchev–Trinajstić information content (AvgIpc) is 2.85. The lowest BCUT2D eigenvalue weighted by Crippen LogP contribution is -2.35. The lowest BCUT2D eigenvalue weighted by molar-refractivity contribution is 0.252. The molecule has 2 amide bonds. The molecule has 0 saturated heterocycles. The molecule has 3 aromatic carbocycles. The molecular formula is C28H36BrN3O2. The molecule has 6 heteroatoms. The standard InChI is InChI=1S/C28H35N3O2.BrH/c1-2-3-12-25-21-27(33-22-23-10-6-4-7-11-23)16-15-24(25)17-18-29-19-20-30-28(32)31-26-13-8-5-9-14-26;/h4-11,13-16,21,29H,2-3,12,17-20,22H2,1H3,(H2,30,31,32);1H. The molecule has 0 aromatic heterocycles. The minimum absolute atomic E-state index is 0. The van der Waals surface area contributed by atoms with Crippen LogP contribution >= 0.6 is 17.0 Å². The van der Waals surface area contributed by atoms with E-state index in [0.29, 0.717) is 13.2 Å². The van der Waals surface area contributed by atoms with Crippen LogP contribution in [0.5, 0.6) is 5.75 Å². The molecular weight excluding hydrogens is 490 g/mol. The van der Waals surface area contributed by atoms with E-state index in [1.54, 1.807) is 0 Å². The number of benzene rings is 3. The van der Waals surface area contributed by atoms with Crippen LogP contribution in [-0.2, 0) is 19.4 Å². The number of para-hydroxylation sites is 1. The molecule has 182 valence electrons. The van der Waals surface area contributed by atoms with Crippen LogP contribution in [0.2, 0.25) is 0 Å². The van der Waals surface area contributed by atoms with E-state index < -0.39 is 0 Å². The Morgan fingerprint density at radius 3 is 2.29 bits per heavy atom. The zero-order valence-electron chi connectivity index (χ0n) is 19.9. The number of nitrogens with one attached hydrogen (secondary N) is 3. The van der Waals surface area contributed by atoms with Crippen molar-refractivity contribution in [1.29, 1.82) is 0 Å². The highest BCUT2D eigenvalue weighted by molar-refractivity contribution is 8.93. The van der Waals surface area contributed by atoms with Gasteiger partial charge < -0.3 is 20.7 Å². The van der Waals surface area contributed by atoms with Crippen LogP contribution in [0.15, 0.2) is 78.9 Å². The Morgan fingerprint density at radius 1 is 0.824 bits per heavy atom. The van der Waals surface area contributed by atoms with Crippen LogP contribution < -0.4 is 20.7 Å². The van der Waals surface area contributed by atoms with Gasteiger partial charge in [0.15, 0.2) is 0 Å². The summed E-state index contributed by atoms with van der Waals surface area (Å²) < 4.78 is 6.03. The average molecular weight is 527 g/mol. The molecule has 0 heterocycles. The number of urea groups is 1. The number of carbonyl (C=O) groups is 1. The zero-order chi connectivity index (χ0) is 23.1. The minimum Gasteiger partial charge on any atom is -0.489 e. The van der Waals surface area contributed by atoms with Gasteiger partial charge in [-0.2, -0.15) is 0 Å². The molecule has 0 aliphatic carbocycles. The van der Waals surface area contributed by atoms with E-state index in [1.165, 1.54) is 29.5 Å². The molecule has 0 bridgehead atoms. The van der Waals surface area contributed by atoms with Crippen LogP contribution in [0, 0.1) is 0 Å². The Hall–Kier alpha value is -2.83. The first-order chi connectivity index (χ1) is 16.2. The number of rotatable bonds is 13. The fourth-order valence-corrected chi connectivity index (χ4v) is 3.59. The second-order valence-corrected chi connectivity index (χ2v) is 8.06. The molecule has 3 rings (SSSR count). The molecule has 0 saturated carbocycles. The third kappa shape index (κ3) is 9.98. The Kier molecular flexibility index (Phi) is 12.8. The van der Waals surface area contributed by atoms with Gasteiger partial charge >= 0.3 is 6.03 Å². The van der Waals surface area contributed by atoms with Crippen molar-refractivity contribution in [3.8, 4) is 5.75 Å². The maximum atomic E-state index is 11.9. The van der Waals surface area contributed by atoms with Gasteiger partial charge in [0.1, 0.15) is 12.4 Å². The maximum absolute atomic E-state index is 11.9. The summed E-state index contributed by atoms with van der Waals surface area (Å²) in [6, 6.07) is 26.0. The highest BCUT2D eigenvalue weighted by Gasteiger charge is 2.06. The number of carbonyl (C=O) groups excluding carboxylic acids is 1. The van der Waals surface area contributed by atoms with Crippen molar-refractivity contribution in [3.05, 3.63) is 95.6 Å². The summed E-state index contributed by atoms with van der Waals surface area (Å²) in [5, 5.41) is 9.12. The summed E-state index contributed by atoms with van der Waals surface area (Å²) in [5.41, 5.74) is 4.69. The molecule has 34 heavy (non-hydrogen) atoms. The maximum Gasteiger partial charge on any atom is 0.319 e. The molecule has 0 fully saturated rings. The molecule has 0 aliphatic heterocycles. The quantitative estimate of drug-likeness (QED) is 0.235. The van der Waals surface area contributed by atoms with Crippen LogP contribution in [0.1, 0.15) is 36.5 Å². The van der Waals surface area contributed by atoms with E-state index in [9.17, 15) is 4.79 Å². The number of aryl methyl sites for hydroxylation is 1. The summed E-state index contributed by atoms with van der Waals surface area (Å²) in [7, 11) is 0. The Morgan fingerprint density at radius 2 is 1.56 bits per heavy atom. The normalized spacial score (nSPS) is 10.3. The number of amides is 2. The lowest BCUT2D eigenvalue weighted by atomic mass is 9.99. The topological polar surface area (TPSA) is 62.4 Å². The molecule has 3 aromatic rings. The first-order valence-electron chi connectivity index (χ1n) is 11.8. The van der Waals surface area contributed by atoms with E-state index in [-0.39, 0.29) is 23.0 Å². The van der Waals surface area contributed by atoms with Gasteiger partial charge in [0.05, 0.1) is 0 Å². The number of unbranched alkanes of at least 4 members (excludes halogenated alkanes) is 1. The molecule has 0 atom stereocenters. The fourth-order valence-electron chi connectivity index (χ4n) is 3.59. The molecule has 3 N–H and O–H groups in total. The van der Waals surface area contributed by atoms with Crippen molar-refractivity contribution in [1.82, 2.24) is 10.6 Å². The van der Waals surface area contributed by atoms with Crippen LogP contribution in [0.3, 0.4) is 0 Å². The number of hydrogen-bond acceptors (Lipinski definition) is 3. The third-order valence-electron chi connectivity index (χ3n) is 5.42. The summed E-state index contributed by atoms with van der Waals surface area (Å²) in [4.78, 5) is 11.9. The van der Waals surface area contributed by atoms with Crippen molar-refractivity contribution >= 4 is 28.7 Å². The van der Waals surface area contributed by atoms with E-state index in [1.807, 2.05) is 48.5 Å². The predicted molar refractivity (Wildman–Crippen MR) is 146 cm³/mol. The monoisotopic (exact) mass is 525 g/mol. The number of hydrogen-bond donors (Lipinski definition) is 3. The number of ether oxygens (including phenoxy) is 1. The molecule has 0 spiro atoms. The molecule has 0 aliphatic rings. The van der Waals surface area contributed by atoms with Crippen molar-refractivity contribution in [3.63, 3.8) is 0 Å². The first kappa shape index (κ1) is 27.4. The zero-order valence-corrected chi connectivity index (χ0v) is 21.6. The summed E-state index contributed by atoms with van der Waals surface area (Å²) in [5.74, 6) is 0.926.